The third-order valence-corrected chi connectivity index (χ3v) is 2.40. The summed E-state index contributed by atoms with van der Waals surface area (Å²) in [5.41, 5.74) is 0. The van der Waals surface area contributed by atoms with Crippen molar-refractivity contribution < 1.29 is 19.0 Å². The molecule has 0 spiro atoms. The normalized spacial score (nSPS) is 15.8. The number of carbonyl (C=O) groups excluding carboxylic acids is 1. The van der Waals surface area contributed by atoms with Gasteiger partial charge >= 0.3 is 0 Å². The summed E-state index contributed by atoms with van der Waals surface area (Å²) in [6.07, 6.45) is -0.433. The van der Waals surface area contributed by atoms with Gasteiger partial charge in [0.1, 0.15) is 0 Å². The third-order valence-electron chi connectivity index (χ3n) is 2.40. The van der Waals surface area contributed by atoms with E-state index >= 15 is 0 Å². The highest BCUT2D eigenvalue weighted by Crippen LogP contribution is 2.16. The average Bonchev–Trinajstić information content (AvgIpc) is 2.23. The highest BCUT2D eigenvalue weighted by molar-refractivity contribution is 5.78. The number of aliphatic hydroxyl groups is 1. The molecular formula is C11H12FNO3. The fourth-order valence-electron chi connectivity index (χ4n) is 1.45. The minimum atomic E-state index is -0.487. The van der Waals surface area contributed by atoms with Crippen molar-refractivity contribution in [2.75, 3.05) is 19.7 Å². The molecule has 2 rings (SSSR count). The number of para-hydroxylation sites is 1. The van der Waals surface area contributed by atoms with Gasteiger partial charge in [0.15, 0.2) is 18.2 Å². The number of carbonyl (C=O) groups is 1. The van der Waals surface area contributed by atoms with Gasteiger partial charge in [0.05, 0.1) is 6.10 Å². The van der Waals surface area contributed by atoms with Gasteiger partial charge in [-0.25, -0.2) is 4.39 Å². The van der Waals surface area contributed by atoms with Gasteiger partial charge in [-0.3, -0.25) is 4.79 Å². The Hall–Kier alpha value is -1.62. The van der Waals surface area contributed by atoms with Crippen molar-refractivity contribution in [1.82, 2.24) is 4.90 Å². The minimum Gasteiger partial charge on any atom is -0.481 e. The van der Waals surface area contributed by atoms with Crippen LogP contribution in [-0.4, -0.2) is 41.7 Å². The molecule has 0 unspecified atom stereocenters. The van der Waals surface area contributed by atoms with Gasteiger partial charge in [-0.15, -0.1) is 0 Å². The molecule has 86 valence electrons. The molecule has 1 fully saturated rings. The van der Waals surface area contributed by atoms with Crippen molar-refractivity contribution in [3.05, 3.63) is 30.1 Å². The van der Waals surface area contributed by atoms with E-state index in [4.69, 9.17) is 9.84 Å². The zero-order valence-corrected chi connectivity index (χ0v) is 8.60. The Morgan fingerprint density at radius 1 is 1.50 bits per heavy atom. The number of likely N-dealkylation sites (tertiary alicyclic amines) is 1. The van der Waals surface area contributed by atoms with Crippen LogP contribution in [0.2, 0.25) is 0 Å². The smallest absolute Gasteiger partial charge is 0.260 e. The molecule has 1 amide bonds. The van der Waals surface area contributed by atoms with Gasteiger partial charge in [-0.2, -0.15) is 0 Å². The number of β-amino-alcohol motifs (C(OH)–C–C–N with tert-alkyl or cyclic N) is 1. The maximum Gasteiger partial charge on any atom is 0.260 e. The average molecular weight is 225 g/mol. The summed E-state index contributed by atoms with van der Waals surface area (Å²) >= 11 is 0. The molecule has 4 nitrogen and oxygen atoms in total. The fourth-order valence-corrected chi connectivity index (χ4v) is 1.45. The van der Waals surface area contributed by atoms with E-state index in [9.17, 15) is 9.18 Å². The number of halogens is 1. The van der Waals surface area contributed by atoms with Crippen LogP contribution in [0.3, 0.4) is 0 Å². The topological polar surface area (TPSA) is 49.8 Å². The van der Waals surface area contributed by atoms with Crippen LogP contribution < -0.4 is 4.74 Å². The molecule has 1 heterocycles. The molecule has 1 aromatic carbocycles. The quantitative estimate of drug-likeness (QED) is 0.810. The standard InChI is InChI=1S/C11H12FNO3/c12-9-3-1-2-4-10(9)16-7-11(15)13-5-8(14)6-13/h1-4,8,14H,5-7H2. The Labute approximate surface area is 92.2 Å². The van der Waals surface area contributed by atoms with Crippen LogP contribution in [0.1, 0.15) is 0 Å². The first-order chi connectivity index (χ1) is 7.66. The second kappa shape index (κ2) is 4.49. The predicted octanol–water partition coefficient (Wildman–Crippen LogP) is 0.408. The zero-order chi connectivity index (χ0) is 11.5. The third kappa shape index (κ3) is 2.30. The van der Waals surface area contributed by atoms with E-state index in [0.717, 1.165) is 0 Å². The van der Waals surface area contributed by atoms with Crippen LogP contribution in [-0.2, 0) is 4.79 Å². The van der Waals surface area contributed by atoms with Crippen LogP contribution in [0.15, 0.2) is 24.3 Å². The lowest BCUT2D eigenvalue weighted by Crippen LogP contribution is -2.54. The molecule has 0 aromatic heterocycles. The summed E-state index contributed by atoms with van der Waals surface area (Å²) in [5, 5.41) is 9.00. The number of hydrogen-bond donors (Lipinski definition) is 1. The van der Waals surface area contributed by atoms with Crippen LogP contribution >= 0.6 is 0 Å². The van der Waals surface area contributed by atoms with Crippen molar-refractivity contribution in [3.8, 4) is 5.75 Å². The fraction of sp³-hybridized carbons (Fsp3) is 0.364. The number of hydrogen-bond acceptors (Lipinski definition) is 3. The van der Waals surface area contributed by atoms with Gasteiger partial charge in [0, 0.05) is 13.1 Å². The molecule has 0 bridgehead atoms. The molecule has 5 heteroatoms. The van der Waals surface area contributed by atoms with E-state index in [0.29, 0.717) is 13.1 Å². The maximum absolute atomic E-state index is 13.1. The highest BCUT2D eigenvalue weighted by atomic mass is 19.1. The van der Waals surface area contributed by atoms with Gasteiger partial charge in [-0.05, 0) is 12.1 Å². The van der Waals surface area contributed by atoms with E-state index in [-0.39, 0.29) is 18.3 Å². The van der Waals surface area contributed by atoms with Crippen molar-refractivity contribution in [3.63, 3.8) is 0 Å². The van der Waals surface area contributed by atoms with E-state index in [1.54, 1.807) is 12.1 Å². The first-order valence-corrected chi connectivity index (χ1v) is 5.00. The molecule has 0 aliphatic carbocycles. The first-order valence-electron chi connectivity index (χ1n) is 5.00. The number of aliphatic hydroxyl groups excluding tert-OH is 1. The zero-order valence-electron chi connectivity index (χ0n) is 8.60. The summed E-state index contributed by atoms with van der Waals surface area (Å²) in [6, 6.07) is 5.92. The Balaban J connectivity index is 1.83. The second-order valence-electron chi connectivity index (χ2n) is 3.67. The summed E-state index contributed by atoms with van der Waals surface area (Å²) in [5.74, 6) is -0.663. The molecule has 0 atom stereocenters. The van der Waals surface area contributed by atoms with Crippen LogP contribution in [0.5, 0.6) is 5.75 Å². The first kappa shape index (κ1) is 10.9. The molecule has 1 saturated heterocycles. The van der Waals surface area contributed by atoms with Gasteiger partial charge in [0.25, 0.3) is 5.91 Å². The summed E-state index contributed by atoms with van der Waals surface area (Å²) in [4.78, 5) is 12.9. The molecule has 1 N–H and O–H groups in total. The maximum atomic E-state index is 13.1. The van der Waals surface area contributed by atoms with E-state index in [1.165, 1.54) is 17.0 Å². The summed E-state index contributed by atoms with van der Waals surface area (Å²) in [6.45, 7) is 0.465. The van der Waals surface area contributed by atoms with E-state index < -0.39 is 11.9 Å². The van der Waals surface area contributed by atoms with Gasteiger partial charge < -0.3 is 14.7 Å². The van der Waals surface area contributed by atoms with Crippen molar-refractivity contribution in [2.24, 2.45) is 0 Å². The van der Waals surface area contributed by atoms with E-state index in [2.05, 4.69) is 0 Å². The number of benzene rings is 1. The van der Waals surface area contributed by atoms with Crippen molar-refractivity contribution in [1.29, 1.82) is 0 Å². The Morgan fingerprint density at radius 2 is 2.19 bits per heavy atom. The number of amides is 1. The molecule has 16 heavy (non-hydrogen) atoms. The lowest BCUT2D eigenvalue weighted by molar-refractivity contribution is -0.143. The van der Waals surface area contributed by atoms with Crippen molar-refractivity contribution >= 4 is 5.91 Å². The predicted molar refractivity (Wildman–Crippen MR) is 54.5 cm³/mol. The van der Waals surface area contributed by atoms with Crippen LogP contribution in [0.4, 0.5) is 4.39 Å². The number of ether oxygens (including phenoxy) is 1. The number of nitrogens with zero attached hydrogens (tertiary/aromatic N) is 1. The highest BCUT2D eigenvalue weighted by Gasteiger charge is 2.28. The number of rotatable bonds is 3. The molecule has 0 saturated carbocycles. The Morgan fingerprint density at radius 3 is 2.81 bits per heavy atom. The summed E-state index contributed by atoms with van der Waals surface area (Å²) < 4.78 is 18.2. The van der Waals surface area contributed by atoms with Gasteiger partial charge in [-0.1, -0.05) is 12.1 Å². The lowest BCUT2D eigenvalue weighted by atomic mass is 10.2. The Kier molecular flexibility index (Phi) is 3.05. The Bertz CT molecular complexity index is 391. The lowest BCUT2D eigenvalue weighted by Gasteiger charge is -2.35. The van der Waals surface area contributed by atoms with Gasteiger partial charge in [0.2, 0.25) is 0 Å². The summed E-state index contributed by atoms with van der Waals surface area (Å²) in [7, 11) is 0. The minimum absolute atomic E-state index is 0.0666. The van der Waals surface area contributed by atoms with Crippen molar-refractivity contribution in [2.45, 2.75) is 6.10 Å². The molecule has 1 aliphatic rings. The molecule has 0 radical (unpaired) electrons. The van der Waals surface area contributed by atoms with Crippen LogP contribution in [0, 0.1) is 5.82 Å². The monoisotopic (exact) mass is 225 g/mol. The second-order valence-corrected chi connectivity index (χ2v) is 3.67. The molecule has 1 aromatic rings. The largest absolute Gasteiger partial charge is 0.481 e. The van der Waals surface area contributed by atoms with Crippen LogP contribution in [0.25, 0.3) is 0 Å². The van der Waals surface area contributed by atoms with E-state index in [1.807, 2.05) is 0 Å². The molecular weight excluding hydrogens is 213 g/mol. The SMILES string of the molecule is O=C(COc1ccccc1F)N1CC(O)C1. The molecule has 1 aliphatic heterocycles.